The fourth-order valence-corrected chi connectivity index (χ4v) is 3.55. The Kier molecular flexibility index (Phi) is 5.20. The number of pyridine rings is 1. The van der Waals surface area contributed by atoms with Crippen LogP contribution >= 0.6 is 0 Å². The molecule has 3 rings (SSSR count). The Balaban J connectivity index is 2.02. The molecule has 1 aromatic heterocycles. The highest BCUT2D eigenvalue weighted by Crippen LogP contribution is 2.31. The summed E-state index contributed by atoms with van der Waals surface area (Å²) in [4.78, 5) is 24.1. The summed E-state index contributed by atoms with van der Waals surface area (Å²) >= 11 is 0. The van der Waals surface area contributed by atoms with E-state index >= 15 is 0 Å². The standard InChI is InChI=1S/C19H24N2O4/c1-12-4-5-14-9-13(3-2-7-25-8-6-20)10-15-17(14)21(12)11-16(18(15)22)19(23)24/h9-12H,2-8,20H2,1H3,(H,23,24). The van der Waals surface area contributed by atoms with Crippen molar-refractivity contribution >= 4 is 16.9 Å². The first kappa shape index (κ1) is 17.6. The second kappa shape index (κ2) is 7.37. The van der Waals surface area contributed by atoms with Crippen LogP contribution in [-0.2, 0) is 17.6 Å². The number of carboxylic acids is 1. The van der Waals surface area contributed by atoms with Gasteiger partial charge in [0.05, 0.1) is 12.1 Å². The summed E-state index contributed by atoms with van der Waals surface area (Å²) < 4.78 is 7.35. The van der Waals surface area contributed by atoms with Gasteiger partial charge in [-0.2, -0.15) is 0 Å². The Morgan fingerprint density at radius 2 is 2.20 bits per heavy atom. The van der Waals surface area contributed by atoms with E-state index in [4.69, 9.17) is 10.5 Å². The Morgan fingerprint density at radius 1 is 1.40 bits per heavy atom. The Labute approximate surface area is 146 Å². The lowest BCUT2D eigenvalue weighted by atomic mass is 9.93. The average Bonchev–Trinajstić information content (AvgIpc) is 2.59. The molecule has 0 radical (unpaired) electrons. The fourth-order valence-electron chi connectivity index (χ4n) is 3.55. The van der Waals surface area contributed by atoms with Crippen molar-refractivity contribution in [2.24, 2.45) is 5.73 Å². The maximum absolute atomic E-state index is 12.7. The highest BCUT2D eigenvalue weighted by molar-refractivity contribution is 5.94. The molecule has 1 aromatic carbocycles. The Bertz CT molecular complexity index is 857. The number of aromatic carboxylic acids is 1. The first-order chi connectivity index (χ1) is 12.0. The second-order valence-electron chi connectivity index (χ2n) is 6.63. The summed E-state index contributed by atoms with van der Waals surface area (Å²) in [5, 5.41) is 9.89. The zero-order chi connectivity index (χ0) is 18.0. The molecule has 0 saturated heterocycles. The molecule has 25 heavy (non-hydrogen) atoms. The van der Waals surface area contributed by atoms with Gasteiger partial charge in [0.1, 0.15) is 5.56 Å². The molecule has 0 saturated carbocycles. The third kappa shape index (κ3) is 3.45. The zero-order valence-corrected chi connectivity index (χ0v) is 14.5. The number of aryl methyl sites for hydroxylation is 2. The van der Waals surface area contributed by atoms with Crippen LogP contribution in [0.4, 0.5) is 0 Å². The lowest BCUT2D eigenvalue weighted by molar-refractivity contribution is 0.0694. The third-order valence-electron chi connectivity index (χ3n) is 4.82. The first-order valence-corrected chi connectivity index (χ1v) is 8.74. The molecule has 0 bridgehead atoms. The van der Waals surface area contributed by atoms with Crippen molar-refractivity contribution in [1.29, 1.82) is 0 Å². The van der Waals surface area contributed by atoms with Crippen molar-refractivity contribution in [3.8, 4) is 0 Å². The van der Waals surface area contributed by atoms with E-state index < -0.39 is 11.4 Å². The van der Waals surface area contributed by atoms with E-state index in [-0.39, 0.29) is 11.6 Å². The van der Waals surface area contributed by atoms with Crippen molar-refractivity contribution in [3.05, 3.63) is 45.2 Å². The van der Waals surface area contributed by atoms with Crippen LogP contribution in [0.1, 0.15) is 47.3 Å². The molecule has 2 aromatic rings. The molecule has 0 amide bonds. The summed E-state index contributed by atoms with van der Waals surface area (Å²) in [7, 11) is 0. The summed E-state index contributed by atoms with van der Waals surface area (Å²) in [6, 6.07) is 4.18. The molecular formula is C19H24N2O4. The smallest absolute Gasteiger partial charge is 0.341 e. The van der Waals surface area contributed by atoms with Gasteiger partial charge in [-0.05, 0) is 49.8 Å². The lowest BCUT2D eigenvalue weighted by Crippen LogP contribution is -2.24. The number of nitrogens with two attached hydrogens (primary N) is 1. The normalized spacial score (nSPS) is 16.3. The first-order valence-electron chi connectivity index (χ1n) is 8.74. The quantitative estimate of drug-likeness (QED) is 0.750. The van der Waals surface area contributed by atoms with Crippen LogP contribution in [0.25, 0.3) is 10.9 Å². The monoisotopic (exact) mass is 344 g/mol. The van der Waals surface area contributed by atoms with Crippen LogP contribution < -0.4 is 11.2 Å². The van der Waals surface area contributed by atoms with E-state index in [2.05, 4.69) is 13.0 Å². The minimum atomic E-state index is -1.17. The molecule has 6 nitrogen and oxygen atoms in total. The van der Waals surface area contributed by atoms with Crippen LogP contribution in [0, 0.1) is 0 Å². The van der Waals surface area contributed by atoms with Crippen LogP contribution in [-0.4, -0.2) is 35.4 Å². The number of ether oxygens (including phenoxy) is 1. The SMILES string of the molecule is CC1CCc2cc(CCCOCCN)cc3c(=O)c(C(=O)O)cn1c23. The Hall–Kier alpha value is -2.18. The highest BCUT2D eigenvalue weighted by Gasteiger charge is 2.23. The third-order valence-corrected chi connectivity index (χ3v) is 4.82. The topological polar surface area (TPSA) is 94.6 Å². The van der Waals surface area contributed by atoms with E-state index in [0.717, 1.165) is 42.3 Å². The zero-order valence-electron chi connectivity index (χ0n) is 14.5. The van der Waals surface area contributed by atoms with Gasteiger partial charge in [-0.15, -0.1) is 0 Å². The predicted molar refractivity (Wildman–Crippen MR) is 96.4 cm³/mol. The van der Waals surface area contributed by atoms with Crippen molar-refractivity contribution < 1.29 is 14.6 Å². The van der Waals surface area contributed by atoms with E-state index in [1.165, 1.54) is 6.20 Å². The summed E-state index contributed by atoms with van der Waals surface area (Å²) in [6.45, 7) is 3.74. The van der Waals surface area contributed by atoms with E-state index in [1.54, 1.807) is 0 Å². The van der Waals surface area contributed by atoms with E-state index in [0.29, 0.717) is 25.1 Å². The van der Waals surface area contributed by atoms with Gasteiger partial charge in [-0.1, -0.05) is 6.07 Å². The van der Waals surface area contributed by atoms with Crippen molar-refractivity contribution in [2.45, 2.75) is 38.6 Å². The molecule has 1 aliphatic heterocycles. The molecule has 134 valence electrons. The lowest BCUT2D eigenvalue weighted by Gasteiger charge is -2.27. The molecule has 6 heteroatoms. The molecule has 0 spiro atoms. The van der Waals surface area contributed by atoms with Crippen LogP contribution in [0.15, 0.2) is 23.1 Å². The minimum Gasteiger partial charge on any atom is -0.477 e. The van der Waals surface area contributed by atoms with Crippen molar-refractivity contribution in [1.82, 2.24) is 4.57 Å². The minimum absolute atomic E-state index is 0.157. The highest BCUT2D eigenvalue weighted by atomic mass is 16.5. The van der Waals surface area contributed by atoms with Crippen LogP contribution in [0.2, 0.25) is 0 Å². The number of benzene rings is 1. The number of aromatic nitrogens is 1. The van der Waals surface area contributed by atoms with Gasteiger partial charge in [0.25, 0.3) is 0 Å². The van der Waals surface area contributed by atoms with Crippen LogP contribution in [0.5, 0.6) is 0 Å². The average molecular weight is 344 g/mol. The summed E-state index contributed by atoms with van der Waals surface area (Å²) in [6.07, 6.45) is 4.97. The number of carbonyl (C=O) groups is 1. The molecule has 2 heterocycles. The van der Waals surface area contributed by atoms with Gasteiger partial charge < -0.3 is 20.1 Å². The number of hydrogen-bond donors (Lipinski definition) is 2. The maximum Gasteiger partial charge on any atom is 0.341 e. The molecule has 0 aliphatic carbocycles. The molecule has 1 aliphatic rings. The largest absolute Gasteiger partial charge is 0.477 e. The van der Waals surface area contributed by atoms with Gasteiger partial charge in [0.15, 0.2) is 0 Å². The number of rotatable bonds is 7. The number of nitrogens with zero attached hydrogens (tertiary/aromatic N) is 1. The van der Waals surface area contributed by atoms with Crippen LogP contribution in [0.3, 0.4) is 0 Å². The van der Waals surface area contributed by atoms with E-state index in [1.807, 2.05) is 10.6 Å². The van der Waals surface area contributed by atoms with Gasteiger partial charge in [0, 0.05) is 30.8 Å². The molecule has 0 fully saturated rings. The van der Waals surface area contributed by atoms with Gasteiger partial charge in [-0.25, -0.2) is 4.79 Å². The number of hydrogen-bond acceptors (Lipinski definition) is 4. The van der Waals surface area contributed by atoms with Gasteiger partial charge in [-0.3, -0.25) is 4.79 Å². The van der Waals surface area contributed by atoms with Crippen molar-refractivity contribution in [2.75, 3.05) is 19.8 Å². The van der Waals surface area contributed by atoms with Crippen molar-refractivity contribution in [3.63, 3.8) is 0 Å². The molecular weight excluding hydrogens is 320 g/mol. The van der Waals surface area contributed by atoms with Gasteiger partial charge in [0.2, 0.25) is 5.43 Å². The molecule has 3 N–H and O–H groups in total. The second-order valence-corrected chi connectivity index (χ2v) is 6.63. The van der Waals surface area contributed by atoms with Gasteiger partial charge >= 0.3 is 5.97 Å². The molecule has 1 atom stereocenters. The summed E-state index contributed by atoms with van der Waals surface area (Å²) in [5.41, 5.74) is 7.92. The van der Waals surface area contributed by atoms with E-state index in [9.17, 15) is 14.7 Å². The maximum atomic E-state index is 12.7. The number of carboxylic acid groups (broad SMARTS) is 1. The predicted octanol–water partition coefficient (Wildman–Crippen LogP) is 2.11. The Morgan fingerprint density at radius 3 is 2.92 bits per heavy atom. The molecule has 1 unspecified atom stereocenters. The fraction of sp³-hybridized carbons (Fsp3) is 0.474. The summed E-state index contributed by atoms with van der Waals surface area (Å²) in [5.74, 6) is -1.17.